The minimum absolute atomic E-state index is 0.0189. The van der Waals surface area contributed by atoms with Gasteiger partial charge in [-0.05, 0) is 18.9 Å². The molecule has 2 rings (SSSR count). The van der Waals surface area contributed by atoms with Gasteiger partial charge in [-0.15, -0.1) is 0 Å². The van der Waals surface area contributed by atoms with Crippen molar-refractivity contribution in [2.45, 2.75) is 13.3 Å². The lowest BCUT2D eigenvalue weighted by Crippen LogP contribution is -2.46. The highest BCUT2D eigenvalue weighted by molar-refractivity contribution is 5.74. The minimum Gasteiger partial charge on any atom is -0.378 e. The van der Waals surface area contributed by atoms with Crippen LogP contribution < -0.4 is 5.32 Å². The van der Waals surface area contributed by atoms with Gasteiger partial charge in [-0.25, -0.2) is 4.79 Å². The van der Waals surface area contributed by atoms with Crippen molar-refractivity contribution < 1.29 is 9.53 Å². The smallest absolute Gasteiger partial charge is 0.317 e. The molecule has 1 saturated heterocycles. The van der Waals surface area contributed by atoms with Crippen molar-refractivity contribution in [3.8, 4) is 0 Å². The number of hydrogen-bond donors (Lipinski definition) is 1. The molecule has 0 saturated carbocycles. The van der Waals surface area contributed by atoms with Gasteiger partial charge in [0, 0.05) is 19.6 Å². The molecule has 0 unspecified atom stereocenters. The first-order valence-electron chi connectivity index (χ1n) is 6.42. The van der Waals surface area contributed by atoms with E-state index in [2.05, 4.69) is 36.5 Å². The first kappa shape index (κ1) is 12.9. The molecule has 0 spiro atoms. The van der Waals surface area contributed by atoms with E-state index < -0.39 is 0 Å². The standard InChI is InChI=1S/C14H20N2O2/c1-12-2-4-13(5-3-12)6-7-15-14(17)16-8-10-18-11-9-16/h2-5H,6-11H2,1H3,(H,15,17). The summed E-state index contributed by atoms with van der Waals surface area (Å²) in [5.74, 6) is 0. The number of rotatable bonds is 3. The van der Waals surface area contributed by atoms with Gasteiger partial charge in [0.15, 0.2) is 0 Å². The van der Waals surface area contributed by atoms with Crippen molar-refractivity contribution in [3.63, 3.8) is 0 Å². The summed E-state index contributed by atoms with van der Waals surface area (Å²) in [4.78, 5) is 13.6. The predicted molar refractivity (Wildman–Crippen MR) is 70.7 cm³/mol. The summed E-state index contributed by atoms with van der Waals surface area (Å²) in [6.45, 7) is 5.42. The zero-order chi connectivity index (χ0) is 12.8. The zero-order valence-electron chi connectivity index (χ0n) is 10.8. The average molecular weight is 248 g/mol. The van der Waals surface area contributed by atoms with Crippen molar-refractivity contribution >= 4 is 6.03 Å². The fraction of sp³-hybridized carbons (Fsp3) is 0.500. The SMILES string of the molecule is Cc1ccc(CCNC(=O)N2CCOCC2)cc1. The average Bonchev–Trinajstić information content (AvgIpc) is 2.42. The first-order valence-corrected chi connectivity index (χ1v) is 6.42. The van der Waals surface area contributed by atoms with Gasteiger partial charge in [-0.1, -0.05) is 29.8 Å². The van der Waals surface area contributed by atoms with E-state index in [1.165, 1.54) is 11.1 Å². The Bertz CT molecular complexity index is 383. The van der Waals surface area contributed by atoms with Crippen LogP contribution in [0.25, 0.3) is 0 Å². The van der Waals surface area contributed by atoms with E-state index >= 15 is 0 Å². The Labute approximate surface area is 108 Å². The molecule has 98 valence electrons. The summed E-state index contributed by atoms with van der Waals surface area (Å²) >= 11 is 0. The molecule has 1 N–H and O–H groups in total. The highest BCUT2D eigenvalue weighted by Crippen LogP contribution is 2.03. The number of aryl methyl sites for hydroxylation is 1. The second-order valence-corrected chi connectivity index (χ2v) is 4.57. The Hall–Kier alpha value is -1.55. The van der Waals surface area contributed by atoms with E-state index in [-0.39, 0.29) is 6.03 Å². The molecule has 2 amide bonds. The molecule has 0 atom stereocenters. The van der Waals surface area contributed by atoms with Crippen LogP contribution in [0, 0.1) is 6.92 Å². The summed E-state index contributed by atoms with van der Waals surface area (Å²) in [6, 6.07) is 8.43. The third-order valence-corrected chi connectivity index (χ3v) is 3.11. The lowest BCUT2D eigenvalue weighted by molar-refractivity contribution is 0.0533. The molecule has 1 fully saturated rings. The van der Waals surface area contributed by atoms with E-state index in [0.717, 1.165) is 6.42 Å². The molecule has 1 aromatic rings. The second kappa shape index (κ2) is 6.40. The quantitative estimate of drug-likeness (QED) is 0.882. The van der Waals surface area contributed by atoms with Gasteiger partial charge in [-0.2, -0.15) is 0 Å². The summed E-state index contributed by atoms with van der Waals surface area (Å²) in [7, 11) is 0. The molecular formula is C14H20N2O2. The fourth-order valence-corrected chi connectivity index (χ4v) is 1.95. The molecule has 0 bridgehead atoms. The minimum atomic E-state index is 0.0189. The normalized spacial score (nSPS) is 15.5. The Morgan fingerprint density at radius 3 is 2.61 bits per heavy atom. The number of amides is 2. The molecule has 4 nitrogen and oxygen atoms in total. The lowest BCUT2D eigenvalue weighted by Gasteiger charge is -2.26. The highest BCUT2D eigenvalue weighted by atomic mass is 16.5. The summed E-state index contributed by atoms with van der Waals surface area (Å²) < 4.78 is 5.21. The topological polar surface area (TPSA) is 41.6 Å². The van der Waals surface area contributed by atoms with Gasteiger partial charge < -0.3 is 15.0 Å². The number of nitrogens with zero attached hydrogens (tertiary/aromatic N) is 1. The first-order chi connectivity index (χ1) is 8.75. The van der Waals surface area contributed by atoms with E-state index in [1.54, 1.807) is 4.90 Å². The molecule has 1 aromatic carbocycles. The van der Waals surface area contributed by atoms with Crippen LogP contribution >= 0.6 is 0 Å². The van der Waals surface area contributed by atoms with Crippen LogP contribution in [-0.2, 0) is 11.2 Å². The molecule has 0 aromatic heterocycles. The molecule has 0 aliphatic carbocycles. The number of carbonyl (C=O) groups excluding carboxylic acids is 1. The maximum Gasteiger partial charge on any atom is 0.317 e. The van der Waals surface area contributed by atoms with Gasteiger partial charge >= 0.3 is 6.03 Å². The van der Waals surface area contributed by atoms with Gasteiger partial charge in [0.05, 0.1) is 13.2 Å². The molecule has 1 aliphatic rings. The van der Waals surface area contributed by atoms with Crippen molar-refractivity contribution in [2.75, 3.05) is 32.8 Å². The monoisotopic (exact) mass is 248 g/mol. The van der Waals surface area contributed by atoms with E-state index in [1.807, 2.05) is 0 Å². The number of morpholine rings is 1. The zero-order valence-corrected chi connectivity index (χ0v) is 10.8. The van der Waals surface area contributed by atoms with Crippen molar-refractivity contribution in [2.24, 2.45) is 0 Å². The summed E-state index contributed by atoms with van der Waals surface area (Å²) in [5, 5.41) is 2.95. The molecule has 1 aliphatic heterocycles. The Morgan fingerprint density at radius 2 is 1.94 bits per heavy atom. The Kier molecular flexibility index (Phi) is 4.59. The number of ether oxygens (including phenoxy) is 1. The number of nitrogens with one attached hydrogen (secondary N) is 1. The van der Waals surface area contributed by atoms with Crippen LogP contribution in [0.15, 0.2) is 24.3 Å². The predicted octanol–water partition coefficient (Wildman–Crippen LogP) is 1.58. The van der Waals surface area contributed by atoms with Crippen molar-refractivity contribution in [3.05, 3.63) is 35.4 Å². The van der Waals surface area contributed by atoms with E-state index in [4.69, 9.17) is 4.74 Å². The molecular weight excluding hydrogens is 228 g/mol. The third kappa shape index (κ3) is 3.74. The highest BCUT2D eigenvalue weighted by Gasteiger charge is 2.15. The van der Waals surface area contributed by atoms with Gasteiger partial charge in [0.25, 0.3) is 0 Å². The number of benzene rings is 1. The Balaban J connectivity index is 1.71. The van der Waals surface area contributed by atoms with Crippen molar-refractivity contribution in [1.82, 2.24) is 10.2 Å². The molecule has 4 heteroatoms. The number of urea groups is 1. The number of hydrogen-bond acceptors (Lipinski definition) is 2. The van der Waals surface area contributed by atoms with Gasteiger partial charge in [0.1, 0.15) is 0 Å². The second-order valence-electron chi connectivity index (χ2n) is 4.57. The van der Waals surface area contributed by atoms with E-state index in [9.17, 15) is 4.79 Å². The van der Waals surface area contributed by atoms with Gasteiger partial charge in [0.2, 0.25) is 0 Å². The van der Waals surface area contributed by atoms with Crippen LogP contribution in [0.2, 0.25) is 0 Å². The van der Waals surface area contributed by atoms with Crippen LogP contribution in [0.3, 0.4) is 0 Å². The lowest BCUT2D eigenvalue weighted by atomic mass is 10.1. The van der Waals surface area contributed by atoms with Crippen LogP contribution in [0.5, 0.6) is 0 Å². The van der Waals surface area contributed by atoms with Gasteiger partial charge in [-0.3, -0.25) is 0 Å². The summed E-state index contributed by atoms with van der Waals surface area (Å²) in [5.41, 5.74) is 2.51. The van der Waals surface area contributed by atoms with Crippen molar-refractivity contribution in [1.29, 1.82) is 0 Å². The van der Waals surface area contributed by atoms with Crippen LogP contribution in [-0.4, -0.2) is 43.8 Å². The molecule has 1 heterocycles. The third-order valence-electron chi connectivity index (χ3n) is 3.11. The molecule has 0 radical (unpaired) electrons. The summed E-state index contributed by atoms with van der Waals surface area (Å²) in [6.07, 6.45) is 0.871. The Morgan fingerprint density at radius 1 is 1.28 bits per heavy atom. The molecule has 18 heavy (non-hydrogen) atoms. The van der Waals surface area contributed by atoms with Crippen LogP contribution in [0.4, 0.5) is 4.79 Å². The van der Waals surface area contributed by atoms with Crippen LogP contribution in [0.1, 0.15) is 11.1 Å². The maximum absolute atomic E-state index is 11.8. The maximum atomic E-state index is 11.8. The largest absolute Gasteiger partial charge is 0.378 e. The fourth-order valence-electron chi connectivity index (χ4n) is 1.95. The van der Waals surface area contributed by atoms with E-state index in [0.29, 0.717) is 32.8 Å². The number of carbonyl (C=O) groups is 1.